The number of benzene rings is 2. The summed E-state index contributed by atoms with van der Waals surface area (Å²) in [5.74, 6) is -0.280. The summed E-state index contributed by atoms with van der Waals surface area (Å²) >= 11 is 5.90. The molecule has 5 nitrogen and oxygen atoms in total. The fourth-order valence-electron chi connectivity index (χ4n) is 3.04. The van der Waals surface area contributed by atoms with Crippen molar-refractivity contribution in [3.63, 3.8) is 0 Å². The van der Waals surface area contributed by atoms with E-state index in [0.717, 1.165) is 12.0 Å². The summed E-state index contributed by atoms with van der Waals surface area (Å²) in [6.07, 6.45) is 0.781. The average Bonchev–Trinajstić information content (AvgIpc) is 2.66. The minimum absolute atomic E-state index is 0.0776. The Morgan fingerprint density at radius 2 is 1.77 bits per heavy atom. The summed E-state index contributed by atoms with van der Waals surface area (Å²) in [4.78, 5) is 14.5. The van der Waals surface area contributed by atoms with Gasteiger partial charge in [0.2, 0.25) is 15.9 Å². The van der Waals surface area contributed by atoms with Gasteiger partial charge in [-0.05, 0) is 48.7 Å². The van der Waals surface area contributed by atoms with Gasteiger partial charge < -0.3 is 4.90 Å². The van der Waals surface area contributed by atoms with E-state index in [4.69, 9.17) is 11.6 Å². The molecule has 0 fully saturated rings. The van der Waals surface area contributed by atoms with Crippen LogP contribution in [-0.2, 0) is 27.8 Å². The number of anilines is 1. The molecule has 0 radical (unpaired) electrons. The van der Waals surface area contributed by atoms with Crippen molar-refractivity contribution in [2.24, 2.45) is 0 Å². The van der Waals surface area contributed by atoms with E-state index < -0.39 is 10.0 Å². The minimum atomic E-state index is -3.58. The normalized spacial score (nSPS) is 14.0. The molecule has 0 spiro atoms. The van der Waals surface area contributed by atoms with Crippen LogP contribution in [0.25, 0.3) is 0 Å². The smallest absolute Gasteiger partial charge is 0.243 e. The van der Waals surface area contributed by atoms with Gasteiger partial charge in [0.15, 0.2) is 0 Å². The number of sulfonamides is 1. The number of hydrogen-bond donors (Lipinski definition) is 0. The molecule has 138 valence electrons. The lowest BCUT2D eigenvalue weighted by atomic mass is 10.00. The summed E-state index contributed by atoms with van der Waals surface area (Å²) in [7, 11) is -3.58. The molecule has 1 amide bonds. The molecule has 0 bridgehead atoms. The second kappa shape index (κ2) is 7.68. The Kier molecular flexibility index (Phi) is 5.53. The molecule has 26 heavy (non-hydrogen) atoms. The first-order valence-electron chi connectivity index (χ1n) is 8.51. The number of rotatable bonds is 5. The quantitative estimate of drug-likeness (QED) is 0.785. The van der Waals surface area contributed by atoms with Crippen LogP contribution >= 0.6 is 11.6 Å². The van der Waals surface area contributed by atoms with E-state index in [0.29, 0.717) is 23.8 Å². The zero-order valence-electron chi connectivity index (χ0n) is 14.6. The van der Waals surface area contributed by atoms with E-state index in [1.165, 1.54) is 9.87 Å². The van der Waals surface area contributed by atoms with Crippen LogP contribution in [0.5, 0.6) is 0 Å². The number of amides is 1. The first-order valence-corrected chi connectivity index (χ1v) is 10.5. The van der Waals surface area contributed by atoms with E-state index >= 15 is 0 Å². The highest BCUT2D eigenvalue weighted by Crippen LogP contribution is 2.23. The zero-order valence-corrected chi connectivity index (χ0v) is 16.1. The van der Waals surface area contributed by atoms with Gasteiger partial charge in [0.25, 0.3) is 0 Å². The van der Waals surface area contributed by atoms with Gasteiger partial charge in [-0.3, -0.25) is 9.10 Å². The lowest BCUT2D eigenvalue weighted by molar-refractivity contribution is -0.130. The van der Waals surface area contributed by atoms with Crippen LogP contribution < -0.4 is 4.31 Å². The van der Waals surface area contributed by atoms with Gasteiger partial charge in [-0.2, -0.15) is 0 Å². The molecule has 1 heterocycles. The highest BCUT2D eigenvalue weighted by Gasteiger charge is 2.27. The maximum atomic E-state index is 12.8. The summed E-state index contributed by atoms with van der Waals surface area (Å²) in [6.45, 7) is 2.46. The van der Waals surface area contributed by atoms with Crippen LogP contribution in [0.15, 0.2) is 48.5 Å². The summed E-state index contributed by atoms with van der Waals surface area (Å²) in [5, 5.41) is 0.515. The van der Waals surface area contributed by atoms with Crippen molar-refractivity contribution in [3.8, 4) is 0 Å². The molecule has 0 aromatic heterocycles. The topological polar surface area (TPSA) is 57.7 Å². The van der Waals surface area contributed by atoms with Crippen molar-refractivity contribution in [2.45, 2.75) is 19.9 Å². The fraction of sp³-hybridized carbons (Fsp3) is 0.316. The van der Waals surface area contributed by atoms with Crippen LogP contribution in [0.3, 0.4) is 0 Å². The Morgan fingerprint density at radius 3 is 2.42 bits per heavy atom. The van der Waals surface area contributed by atoms with Crippen molar-refractivity contribution in [1.82, 2.24) is 4.90 Å². The van der Waals surface area contributed by atoms with Crippen molar-refractivity contribution >= 4 is 33.2 Å². The molecule has 0 N–H and O–H groups in total. The lowest BCUT2D eigenvalue weighted by Gasteiger charge is -2.31. The number of carbonyl (C=O) groups excluding carboxylic acids is 1. The van der Waals surface area contributed by atoms with Crippen LogP contribution in [0.1, 0.15) is 18.1 Å². The van der Waals surface area contributed by atoms with Gasteiger partial charge in [-0.25, -0.2) is 8.42 Å². The second-order valence-electron chi connectivity index (χ2n) is 6.22. The lowest BCUT2D eigenvalue weighted by Crippen LogP contribution is -2.45. The molecule has 0 saturated heterocycles. The molecule has 3 rings (SSSR count). The molecule has 1 aliphatic rings. The Balaban J connectivity index is 1.81. The Morgan fingerprint density at radius 1 is 1.12 bits per heavy atom. The van der Waals surface area contributed by atoms with E-state index in [9.17, 15) is 13.2 Å². The molecule has 0 atom stereocenters. The maximum absolute atomic E-state index is 12.8. The van der Waals surface area contributed by atoms with E-state index in [1.54, 1.807) is 36.1 Å². The Hall–Kier alpha value is -2.05. The molecule has 2 aromatic rings. The van der Waals surface area contributed by atoms with Crippen molar-refractivity contribution in [3.05, 3.63) is 64.7 Å². The molecular weight excluding hydrogens is 372 g/mol. The highest BCUT2D eigenvalue weighted by atomic mass is 35.5. The van der Waals surface area contributed by atoms with Gasteiger partial charge >= 0.3 is 0 Å². The number of hydrogen-bond acceptors (Lipinski definition) is 3. The van der Waals surface area contributed by atoms with Gasteiger partial charge in [-0.15, -0.1) is 0 Å². The summed E-state index contributed by atoms with van der Waals surface area (Å²) in [6, 6.07) is 14.5. The largest absolute Gasteiger partial charge is 0.336 e. The molecular formula is C19H21ClN2O3S. The van der Waals surface area contributed by atoms with E-state index in [2.05, 4.69) is 6.07 Å². The third-order valence-corrected chi connectivity index (χ3v) is 6.57. The first kappa shape index (κ1) is 18.7. The monoisotopic (exact) mass is 392 g/mol. The number of nitrogens with zero attached hydrogens (tertiary/aromatic N) is 2. The van der Waals surface area contributed by atoms with Gasteiger partial charge in [0.05, 0.1) is 11.4 Å². The average molecular weight is 393 g/mol. The third-order valence-electron chi connectivity index (χ3n) is 4.58. The van der Waals surface area contributed by atoms with Crippen molar-refractivity contribution in [1.29, 1.82) is 0 Å². The van der Waals surface area contributed by atoms with Crippen molar-refractivity contribution < 1.29 is 13.2 Å². The molecule has 2 aromatic carbocycles. The predicted octanol–water partition coefficient (Wildman–Crippen LogP) is 3.08. The second-order valence-corrected chi connectivity index (χ2v) is 8.84. The molecule has 0 saturated carbocycles. The summed E-state index contributed by atoms with van der Waals surface area (Å²) < 4.78 is 26.2. The standard InChI is InChI=1S/C19H21ClN2O3S/c1-2-26(24,25)22(18-9-7-17(20)8-10-18)14-19(23)21-12-11-15-5-3-4-6-16(15)13-21/h3-10H,2,11-14H2,1H3. The number of fused-ring (bicyclic) bond motifs is 1. The molecule has 0 aliphatic carbocycles. The molecule has 1 aliphatic heterocycles. The maximum Gasteiger partial charge on any atom is 0.243 e. The van der Waals surface area contributed by atoms with Gasteiger partial charge in [0.1, 0.15) is 6.54 Å². The van der Waals surface area contributed by atoms with Crippen LogP contribution in [0.2, 0.25) is 5.02 Å². The van der Waals surface area contributed by atoms with Gasteiger partial charge in [-0.1, -0.05) is 35.9 Å². The Labute approximate surface area is 159 Å². The zero-order chi connectivity index (χ0) is 18.7. The number of halogens is 1. The van der Waals surface area contributed by atoms with Crippen molar-refractivity contribution in [2.75, 3.05) is 23.1 Å². The minimum Gasteiger partial charge on any atom is -0.336 e. The Bertz CT molecular complexity index is 897. The van der Waals surface area contributed by atoms with Crippen LogP contribution in [0, 0.1) is 0 Å². The first-order chi connectivity index (χ1) is 12.4. The van der Waals surface area contributed by atoms with E-state index in [1.807, 2.05) is 18.2 Å². The summed E-state index contributed by atoms with van der Waals surface area (Å²) in [5.41, 5.74) is 2.80. The predicted molar refractivity (Wildman–Crippen MR) is 104 cm³/mol. The number of carbonyl (C=O) groups is 1. The molecule has 0 unspecified atom stereocenters. The third kappa shape index (κ3) is 4.02. The van der Waals surface area contributed by atoms with Crippen LogP contribution in [0.4, 0.5) is 5.69 Å². The highest BCUT2D eigenvalue weighted by molar-refractivity contribution is 7.92. The molecule has 7 heteroatoms. The van der Waals surface area contributed by atoms with Gasteiger partial charge in [0, 0.05) is 18.1 Å². The SMILES string of the molecule is CCS(=O)(=O)N(CC(=O)N1CCc2ccccc2C1)c1ccc(Cl)cc1. The van der Waals surface area contributed by atoms with E-state index in [-0.39, 0.29) is 18.2 Å². The fourth-order valence-corrected chi connectivity index (χ4v) is 4.23. The van der Waals surface area contributed by atoms with Crippen LogP contribution in [-0.4, -0.2) is 38.1 Å².